The number of nitrogens with zero attached hydrogens (tertiary/aromatic N) is 1. The highest BCUT2D eigenvalue weighted by Gasteiger charge is 2.20. The molecule has 1 unspecified atom stereocenters. The fourth-order valence-electron chi connectivity index (χ4n) is 3.43. The number of rotatable bonds is 8. The summed E-state index contributed by atoms with van der Waals surface area (Å²) in [5.41, 5.74) is 4.95. The minimum absolute atomic E-state index is 0.0611. The van der Waals surface area contributed by atoms with E-state index in [0.29, 0.717) is 6.54 Å². The molecule has 2 aromatic rings. The second-order valence-electron chi connectivity index (χ2n) is 8.60. The molecule has 0 aliphatic heterocycles. The molecule has 3 nitrogen and oxygen atoms in total. The van der Waals surface area contributed by atoms with Gasteiger partial charge in [-0.05, 0) is 48.2 Å². The van der Waals surface area contributed by atoms with Gasteiger partial charge in [0.25, 0.3) is 0 Å². The number of aryl methyl sites for hydroxylation is 1. The van der Waals surface area contributed by atoms with Crippen LogP contribution >= 0.6 is 0 Å². The Labute approximate surface area is 176 Å². The highest BCUT2D eigenvalue weighted by atomic mass is 16.1. The first kappa shape index (κ1) is 22.9. The van der Waals surface area contributed by atoms with Crippen molar-refractivity contribution in [3.63, 3.8) is 0 Å². The average molecular weight is 393 g/mol. The van der Waals surface area contributed by atoms with Crippen molar-refractivity contribution in [2.24, 2.45) is 0 Å². The van der Waals surface area contributed by atoms with E-state index in [4.69, 9.17) is 0 Å². The second-order valence-corrected chi connectivity index (χ2v) is 8.60. The fraction of sp³-hybridized carbons (Fsp3) is 0.423. The molecule has 0 radical (unpaired) electrons. The van der Waals surface area contributed by atoms with E-state index in [1.54, 1.807) is 6.08 Å². The Bertz CT molecular complexity index is 794. The molecule has 0 spiro atoms. The summed E-state index contributed by atoms with van der Waals surface area (Å²) in [6.45, 7) is 15.5. The summed E-state index contributed by atoms with van der Waals surface area (Å²) < 4.78 is 0. The van der Waals surface area contributed by atoms with Crippen LogP contribution in [0.4, 0.5) is 0 Å². The quantitative estimate of drug-likeness (QED) is 0.601. The molecule has 3 heteroatoms. The van der Waals surface area contributed by atoms with Crippen LogP contribution < -0.4 is 5.32 Å². The van der Waals surface area contributed by atoms with Crippen molar-refractivity contribution in [2.75, 3.05) is 19.6 Å². The minimum Gasteiger partial charge on any atom is -0.351 e. The van der Waals surface area contributed by atoms with Gasteiger partial charge in [0.15, 0.2) is 0 Å². The van der Waals surface area contributed by atoms with Gasteiger partial charge in [-0.15, -0.1) is 0 Å². The van der Waals surface area contributed by atoms with Gasteiger partial charge in [-0.1, -0.05) is 88.7 Å². The summed E-state index contributed by atoms with van der Waals surface area (Å²) in [6.07, 6.45) is 3.48. The Balaban J connectivity index is 2.08. The number of likely N-dealkylation sites (N-methyl/N-ethyl adjacent to an activating group) is 1. The summed E-state index contributed by atoms with van der Waals surface area (Å²) in [4.78, 5) is 14.8. The van der Waals surface area contributed by atoms with Crippen LogP contribution in [0, 0.1) is 6.92 Å². The van der Waals surface area contributed by atoms with Gasteiger partial charge in [0.2, 0.25) is 5.91 Å². The zero-order valence-electron chi connectivity index (χ0n) is 18.8. The summed E-state index contributed by atoms with van der Waals surface area (Å²) in [5.74, 6) is -0.0611. The first-order chi connectivity index (χ1) is 13.7. The van der Waals surface area contributed by atoms with Gasteiger partial charge >= 0.3 is 0 Å². The van der Waals surface area contributed by atoms with Gasteiger partial charge in [-0.25, -0.2) is 0 Å². The number of carbonyl (C=O) groups is 1. The first-order valence-corrected chi connectivity index (χ1v) is 10.6. The molecule has 0 saturated heterocycles. The van der Waals surface area contributed by atoms with Gasteiger partial charge in [0.1, 0.15) is 0 Å². The lowest BCUT2D eigenvalue weighted by molar-refractivity contribution is -0.116. The predicted molar refractivity (Wildman–Crippen MR) is 124 cm³/mol. The van der Waals surface area contributed by atoms with E-state index in [9.17, 15) is 4.79 Å². The predicted octanol–water partition coefficient (Wildman–Crippen LogP) is 5.51. The molecular weight excluding hydrogens is 356 g/mol. The van der Waals surface area contributed by atoms with Crippen molar-refractivity contribution in [1.82, 2.24) is 10.2 Å². The number of carbonyl (C=O) groups excluding carboxylic acids is 1. The van der Waals surface area contributed by atoms with E-state index >= 15 is 0 Å². The summed E-state index contributed by atoms with van der Waals surface area (Å²) in [6, 6.07) is 17.1. The first-order valence-electron chi connectivity index (χ1n) is 10.6. The topological polar surface area (TPSA) is 32.3 Å². The van der Waals surface area contributed by atoms with E-state index in [1.165, 1.54) is 16.7 Å². The van der Waals surface area contributed by atoms with Crippen molar-refractivity contribution in [3.05, 3.63) is 76.9 Å². The Hall–Kier alpha value is -2.39. The van der Waals surface area contributed by atoms with Crippen LogP contribution in [-0.2, 0) is 10.2 Å². The molecular formula is C26H36N2O. The molecule has 1 N–H and O–H groups in total. The van der Waals surface area contributed by atoms with E-state index in [2.05, 4.69) is 88.2 Å². The molecule has 156 valence electrons. The Morgan fingerprint density at radius 2 is 1.59 bits per heavy atom. The third-order valence-corrected chi connectivity index (χ3v) is 5.39. The van der Waals surface area contributed by atoms with Crippen molar-refractivity contribution in [3.8, 4) is 0 Å². The van der Waals surface area contributed by atoms with Gasteiger partial charge in [-0.2, -0.15) is 0 Å². The van der Waals surface area contributed by atoms with Crippen LogP contribution in [0.25, 0.3) is 6.08 Å². The molecule has 0 saturated carbocycles. The largest absolute Gasteiger partial charge is 0.351 e. The van der Waals surface area contributed by atoms with Gasteiger partial charge in [0.05, 0.1) is 6.04 Å². The third kappa shape index (κ3) is 6.86. The molecule has 2 rings (SSSR count). The summed E-state index contributed by atoms with van der Waals surface area (Å²) in [5, 5.41) is 3.09. The number of amides is 1. The number of hydrogen-bond acceptors (Lipinski definition) is 2. The molecule has 0 aromatic heterocycles. The lowest BCUT2D eigenvalue weighted by atomic mass is 9.86. The normalized spacial score (nSPS) is 13.1. The maximum absolute atomic E-state index is 12.4. The van der Waals surface area contributed by atoms with Gasteiger partial charge in [-0.3, -0.25) is 9.69 Å². The van der Waals surface area contributed by atoms with Gasteiger partial charge < -0.3 is 5.32 Å². The summed E-state index contributed by atoms with van der Waals surface area (Å²) in [7, 11) is 0. The average Bonchev–Trinajstić information content (AvgIpc) is 2.70. The number of nitrogens with one attached hydrogen (secondary N) is 1. The van der Waals surface area contributed by atoms with Crippen LogP contribution in [-0.4, -0.2) is 30.4 Å². The van der Waals surface area contributed by atoms with Crippen molar-refractivity contribution in [2.45, 2.75) is 53.0 Å². The lowest BCUT2D eigenvalue weighted by Gasteiger charge is -2.30. The fourth-order valence-corrected chi connectivity index (χ4v) is 3.43. The molecule has 2 aromatic carbocycles. The monoisotopic (exact) mass is 392 g/mol. The molecule has 0 bridgehead atoms. The molecule has 1 atom stereocenters. The van der Waals surface area contributed by atoms with Crippen LogP contribution in [0.1, 0.15) is 62.9 Å². The van der Waals surface area contributed by atoms with Crippen molar-refractivity contribution < 1.29 is 4.79 Å². The molecule has 0 fully saturated rings. The minimum atomic E-state index is -0.0611. The maximum atomic E-state index is 12.4. The van der Waals surface area contributed by atoms with Crippen LogP contribution in [0.2, 0.25) is 0 Å². The van der Waals surface area contributed by atoms with Crippen molar-refractivity contribution in [1.29, 1.82) is 0 Å². The Morgan fingerprint density at radius 3 is 2.10 bits per heavy atom. The number of hydrogen-bond donors (Lipinski definition) is 1. The van der Waals surface area contributed by atoms with E-state index in [-0.39, 0.29) is 17.4 Å². The molecule has 0 aliphatic rings. The van der Waals surface area contributed by atoms with Crippen molar-refractivity contribution >= 4 is 12.0 Å². The zero-order valence-corrected chi connectivity index (χ0v) is 18.8. The molecule has 29 heavy (non-hydrogen) atoms. The standard InChI is InChI=1S/C26H36N2O/c1-7-28(8-2)24(22-14-16-23(17-15-22)26(4,5)6)19-27-25(29)18-13-21-11-9-20(3)10-12-21/h9-18,24H,7-8,19H2,1-6H3,(H,27,29)/b18-13+. The molecule has 0 heterocycles. The molecule has 1 amide bonds. The second kappa shape index (κ2) is 10.4. The Morgan fingerprint density at radius 1 is 1.00 bits per heavy atom. The van der Waals surface area contributed by atoms with E-state index in [0.717, 1.165) is 18.7 Å². The summed E-state index contributed by atoms with van der Waals surface area (Å²) >= 11 is 0. The van der Waals surface area contributed by atoms with Gasteiger partial charge in [0, 0.05) is 12.6 Å². The SMILES string of the molecule is CCN(CC)C(CNC(=O)/C=C/c1ccc(C)cc1)c1ccc(C(C)(C)C)cc1. The smallest absolute Gasteiger partial charge is 0.244 e. The van der Waals surface area contributed by atoms with E-state index in [1.807, 2.05) is 18.2 Å². The van der Waals surface area contributed by atoms with Crippen LogP contribution in [0.3, 0.4) is 0 Å². The highest BCUT2D eigenvalue weighted by Crippen LogP contribution is 2.26. The zero-order chi connectivity index (χ0) is 21.4. The lowest BCUT2D eigenvalue weighted by Crippen LogP contribution is -2.37. The Kier molecular flexibility index (Phi) is 8.21. The third-order valence-electron chi connectivity index (χ3n) is 5.39. The number of benzene rings is 2. The van der Waals surface area contributed by atoms with Crippen LogP contribution in [0.5, 0.6) is 0 Å². The van der Waals surface area contributed by atoms with E-state index < -0.39 is 0 Å². The van der Waals surface area contributed by atoms with Crippen LogP contribution in [0.15, 0.2) is 54.6 Å². The highest BCUT2D eigenvalue weighted by molar-refractivity contribution is 5.91. The maximum Gasteiger partial charge on any atom is 0.244 e. The molecule has 0 aliphatic carbocycles.